The molecule has 0 spiro atoms. The molecule has 5 heteroatoms. The Morgan fingerprint density at radius 1 is 1.15 bits per heavy atom. The number of urea groups is 1. The van der Waals surface area contributed by atoms with Gasteiger partial charge in [-0.2, -0.15) is 0 Å². The maximum atomic E-state index is 12.3. The van der Waals surface area contributed by atoms with Crippen LogP contribution in [0.25, 0.3) is 0 Å². The van der Waals surface area contributed by atoms with Gasteiger partial charge in [0.25, 0.3) is 0 Å². The molecule has 0 unspecified atom stereocenters. The third kappa shape index (κ3) is 4.57. The number of hydrogen-bond acceptors (Lipinski definition) is 2. The largest absolute Gasteiger partial charge is 0.480 e. The summed E-state index contributed by atoms with van der Waals surface area (Å²) in [5.41, 5.74) is 2.19. The monoisotopic (exact) mass is 278 g/mol. The molecule has 0 aromatic heterocycles. The molecular formula is C15H22N2O3. The third-order valence-corrected chi connectivity index (χ3v) is 2.82. The number of carboxylic acids is 1. The van der Waals surface area contributed by atoms with Gasteiger partial charge in [0.15, 0.2) is 0 Å². The summed E-state index contributed by atoms with van der Waals surface area (Å²) in [6.07, 6.45) is 0. The Kier molecular flexibility index (Phi) is 4.76. The highest BCUT2D eigenvalue weighted by Gasteiger charge is 2.28. The van der Waals surface area contributed by atoms with Crippen LogP contribution < -0.4 is 5.32 Å². The molecule has 0 atom stereocenters. The molecule has 0 fully saturated rings. The number of aryl methyl sites for hydroxylation is 2. The standard InChI is InChI=1S/C15H22N2O3/c1-10-6-11(2)8-12(7-10)16-14(20)17(9-13(18)19)15(3,4)5/h6-8H,9H2,1-5H3,(H,16,20)(H,18,19). The molecule has 0 aliphatic rings. The first-order chi connectivity index (χ1) is 9.09. The van der Waals surface area contributed by atoms with E-state index in [1.54, 1.807) is 20.8 Å². The first kappa shape index (κ1) is 16.0. The SMILES string of the molecule is Cc1cc(C)cc(NC(=O)N(CC(=O)O)C(C)(C)C)c1. The number of amides is 2. The molecular weight excluding hydrogens is 256 g/mol. The lowest BCUT2D eigenvalue weighted by atomic mass is 10.1. The van der Waals surface area contributed by atoms with Crippen LogP contribution in [0.5, 0.6) is 0 Å². The number of rotatable bonds is 3. The van der Waals surface area contributed by atoms with Crippen LogP contribution in [0.4, 0.5) is 10.5 Å². The van der Waals surface area contributed by atoms with E-state index in [9.17, 15) is 9.59 Å². The van der Waals surface area contributed by atoms with Crippen LogP contribution in [0.15, 0.2) is 18.2 Å². The Morgan fingerprint density at radius 3 is 2.05 bits per heavy atom. The van der Waals surface area contributed by atoms with Crippen molar-refractivity contribution in [2.75, 3.05) is 11.9 Å². The maximum absolute atomic E-state index is 12.3. The minimum absolute atomic E-state index is 0.333. The van der Waals surface area contributed by atoms with Crippen molar-refractivity contribution in [1.82, 2.24) is 4.90 Å². The molecule has 1 rings (SSSR count). The average molecular weight is 278 g/mol. The average Bonchev–Trinajstić information content (AvgIpc) is 2.22. The van der Waals surface area contributed by atoms with Crippen molar-refractivity contribution >= 4 is 17.7 Å². The predicted molar refractivity (Wildman–Crippen MR) is 79.0 cm³/mol. The molecule has 0 bridgehead atoms. The van der Waals surface area contributed by atoms with Gasteiger partial charge in [-0.25, -0.2) is 4.79 Å². The zero-order chi connectivity index (χ0) is 15.5. The maximum Gasteiger partial charge on any atom is 0.323 e. The molecule has 1 aromatic carbocycles. The summed E-state index contributed by atoms with van der Waals surface area (Å²) >= 11 is 0. The highest BCUT2D eigenvalue weighted by atomic mass is 16.4. The normalized spacial score (nSPS) is 11.1. The summed E-state index contributed by atoms with van der Waals surface area (Å²) in [7, 11) is 0. The topological polar surface area (TPSA) is 69.6 Å². The van der Waals surface area contributed by atoms with Crippen molar-refractivity contribution in [3.63, 3.8) is 0 Å². The fraction of sp³-hybridized carbons (Fsp3) is 0.467. The van der Waals surface area contributed by atoms with Gasteiger partial charge in [-0.15, -0.1) is 0 Å². The summed E-state index contributed by atoms with van der Waals surface area (Å²) in [5, 5.41) is 11.7. The van der Waals surface area contributed by atoms with E-state index in [1.165, 1.54) is 4.90 Å². The number of nitrogens with one attached hydrogen (secondary N) is 1. The number of benzene rings is 1. The van der Waals surface area contributed by atoms with Crippen molar-refractivity contribution in [2.24, 2.45) is 0 Å². The summed E-state index contributed by atoms with van der Waals surface area (Å²) in [5.74, 6) is -1.03. The van der Waals surface area contributed by atoms with Crippen LogP contribution in [0.2, 0.25) is 0 Å². The summed E-state index contributed by atoms with van der Waals surface area (Å²) in [6.45, 7) is 8.97. The van der Waals surface area contributed by atoms with Gasteiger partial charge < -0.3 is 15.3 Å². The molecule has 0 aliphatic heterocycles. The van der Waals surface area contributed by atoms with Crippen molar-refractivity contribution < 1.29 is 14.7 Å². The highest BCUT2D eigenvalue weighted by molar-refractivity contribution is 5.92. The van der Waals surface area contributed by atoms with Crippen molar-refractivity contribution in [2.45, 2.75) is 40.2 Å². The zero-order valence-electron chi connectivity index (χ0n) is 12.7. The fourth-order valence-electron chi connectivity index (χ4n) is 1.99. The number of anilines is 1. The number of hydrogen-bond donors (Lipinski definition) is 2. The number of aliphatic carboxylic acids is 1. The molecule has 0 radical (unpaired) electrons. The second kappa shape index (κ2) is 5.94. The third-order valence-electron chi connectivity index (χ3n) is 2.82. The zero-order valence-corrected chi connectivity index (χ0v) is 12.7. The van der Waals surface area contributed by atoms with Gasteiger partial charge >= 0.3 is 12.0 Å². The molecule has 5 nitrogen and oxygen atoms in total. The highest BCUT2D eigenvalue weighted by Crippen LogP contribution is 2.18. The number of carboxylic acid groups (broad SMARTS) is 1. The molecule has 2 amide bonds. The van der Waals surface area contributed by atoms with Crippen LogP contribution in [0.1, 0.15) is 31.9 Å². The minimum Gasteiger partial charge on any atom is -0.480 e. The summed E-state index contributed by atoms with van der Waals surface area (Å²) < 4.78 is 0. The van der Waals surface area contributed by atoms with Gasteiger partial charge in [-0.3, -0.25) is 4.79 Å². The van der Waals surface area contributed by atoms with E-state index in [0.717, 1.165) is 11.1 Å². The Labute approximate surface area is 119 Å². The Morgan fingerprint density at radius 2 is 1.65 bits per heavy atom. The van der Waals surface area contributed by atoms with Gasteiger partial charge in [0, 0.05) is 11.2 Å². The molecule has 110 valence electrons. The van der Waals surface area contributed by atoms with E-state index in [2.05, 4.69) is 5.32 Å². The Bertz CT molecular complexity index is 498. The first-order valence-electron chi connectivity index (χ1n) is 6.48. The van der Waals surface area contributed by atoms with E-state index < -0.39 is 17.5 Å². The van der Waals surface area contributed by atoms with Gasteiger partial charge in [0.2, 0.25) is 0 Å². The quantitative estimate of drug-likeness (QED) is 0.893. The number of carbonyl (C=O) groups excluding carboxylic acids is 1. The smallest absolute Gasteiger partial charge is 0.323 e. The van der Waals surface area contributed by atoms with Gasteiger partial charge in [-0.1, -0.05) is 6.07 Å². The lowest BCUT2D eigenvalue weighted by molar-refractivity contribution is -0.138. The van der Waals surface area contributed by atoms with E-state index in [0.29, 0.717) is 5.69 Å². The second-order valence-corrected chi connectivity index (χ2v) is 5.96. The van der Waals surface area contributed by atoms with Crippen molar-refractivity contribution in [3.05, 3.63) is 29.3 Å². The van der Waals surface area contributed by atoms with Crippen LogP contribution in [0, 0.1) is 13.8 Å². The predicted octanol–water partition coefficient (Wildman–Crippen LogP) is 3.02. The van der Waals surface area contributed by atoms with Crippen LogP contribution >= 0.6 is 0 Å². The van der Waals surface area contributed by atoms with E-state index in [1.807, 2.05) is 32.0 Å². The van der Waals surface area contributed by atoms with Gasteiger partial charge in [0.1, 0.15) is 6.54 Å². The summed E-state index contributed by atoms with van der Waals surface area (Å²) in [4.78, 5) is 24.5. The summed E-state index contributed by atoms with van der Waals surface area (Å²) in [6, 6.07) is 5.30. The second-order valence-electron chi connectivity index (χ2n) is 5.96. The van der Waals surface area contributed by atoms with E-state index in [-0.39, 0.29) is 6.54 Å². The van der Waals surface area contributed by atoms with Crippen molar-refractivity contribution in [1.29, 1.82) is 0 Å². The lowest BCUT2D eigenvalue weighted by Crippen LogP contribution is -2.50. The molecule has 2 N–H and O–H groups in total. The van der Waals surface area contributed by atoms with Crippen LogP contribution in [0.3, 0.4) is 0 Å². The van der Waals surface area contributed by atoms with Gasteiger partial charge in [-0.05, 0) is 57.9 Å². The van der Waals surface area contributed by atoms with Crippen LogP contribution in [-0.2, 0) is 4.79 Å². The first-order valence-corrected chi connectivity index (χ1v) is 6.48. The van der Waals surface area contributed by atoms with E-state index in [4.69, 9.17) is 5.11 Å². The Balaban J connectivity index is 2.93. The fourth-order valence-corrected chi connectivity index (χ4v) is 1.99. The van der Waals surface area contributed by atoms with Crippen molar-refractivity contribution in [3.8, 4) is 0 Å². The Hall–Kier alpha value is -2.04. The minimum atomic E-state index is -1.03. The van der Waals surface area contributed by atoms with Gasteiger partial charge in [0.05, 0.1) is 0 Å². The molecule has 20 heavy (non-hydrogen) atoms. The number of nitrogens with zero attached hydrogens (tertiary/aromatic N) is 1. The molecule has 0 heterocycles. The van der Waals surface area contributed by atoms with Crippen LogP contribution in [-0.4, -0.2) is 34.1 Å². The molecule has 1 aromatic rings. The lowest BCUT2D eigenvalue weighted by Gasteiger charge is -2.34. The molecule has 0 aliphatic carbocycles. The van der Waals surface area contributed by atoms with E-state index >= 15 is 0 Å². The molecule has 0 saturated carbocycles. The molecule has 0 saturated heterocycles. The number of carbonyl (C=O) groups is 2.